The Balaban J connectivity index is 2.15. The molecule has 2 aromatic carbocycles. The van der Waals surface area contributed by atoms with E-state index in [2.05, 4.69) is 31.9 Å². The van der Waals surface area contributed by atoms with Crippen LogP contribution in [0, 0.1) is 0 Å². The van der Waals surface area contributed by atoms with Gasteiger partial charge in [-0.1, -0.05) is 62.2 Å². The number of rotatable bonds is 5. The predicted molar refractivity (Wildman–Crippen MR) is 88.1 cm³/mol. The van der Waals surface area contributed by atoms with Crippen LogP contribution in [0.1, 0.15) is 20.7 Å². The molecule has 0 aliphatic rings. The molecule has 2 nitrogen and oxygen atoms in total. The fourth-order valence-corrected chi connectivity index (χ4v) is 2.97. The molecule has 0 bridgehead atoms. The highest BCUT2D eigenvalue weighted by Gasteiger charge is 2.25. The van der Waals surface area contributed by atoms with Gasteiger partial charge in [0.05, 0.1) is 16.8 Å². The van der Waals surface area contributed by atoms with E-state index in [9.17, 15) is 4.79 Å². The largest absolute Gasteiger partial charge is 0.497 e. The molecule has 0 N–H and O–H groups in total. The average Bonchev–Trinajstić information content (AvgIpc) is 2.53. The Bertz CT molecular complexity index is 567. The summed E-state index contributed by atoms with van der Waals surface area (Å²) in [6.45, 7) is 0. The van der Waals surface area contributed by atoms with Gasteiger partial charge in [-0.2, -0.15) is 0 Å². The van der Waals surface area contributed by atoms with Gasteiger partial charge in [0.1, 0.15) is 5.75 Å². The van der Waals surface area contributed by atoms with E-state index in [1.54, 1.807) is 31.4 Å². The lowest BCUT2D eigenvalue weighted by Crippen LogP contribution is -2.19. The number of carbonyl (C=O) groups excluding carboxylic acids is 1. The van der Waals surface area contributed by atoms with E-state index in [0.29, 0.717) is 5.56 Å². The smallest absolute Gasteiger partial charge is 0.177 e. The molecule has 0 fully saturated rings. The van der Waals surface area contributed by atoms with Crippen molar-refractivity contribution in [3.05, 3.63) is 65.7 Å². The zero-order valence-electron chi connectivity index (χ0n) is 10.9. The Hall–Kier alpha value is -1.13. The van der Waals surface area contributed by atoms with Gasteiger partial charge < -0.3 is 4.74 Å². The third kappa shape index (κ3) is 3.49. The van der Waals surface area contributed by atoms with Crippen LogP contribution in [0.5, 0.6) is 5.75 Å². The maximum atomic E-state index is 12.4. The van der Waals surface area contributed by atoms with Crippen molar-refractivity contribution in [3.8, 4) is 5.75 Å². The molecular formula is C16H14Br2O2. The number of hydrogen-bond acceptors (Lipinski definition) is 2. The normalized spacial score (nSPS) is 13.6. The summed E-state index contributed by atoms with van der Waals surface area (Å²) >= 11 is 7.08. The summed E-state index contributed by atoms with van der Waals surface area (Å²) in [5.74, 6) is 0.782. The number of ether oxygens (including phenoxy) is 1. The second-order valence-electron chi connectivity index (χ2n) is 4.31. The van der Waals surface area contributed by atoms with Gasteiger partial charge in [0.2, 0.25) is 0 Å². The van der Waals surface area contributed by atoms with E-state index >= 15 is 0 Å². The van der Waals surface area contributed by atoms with E-state index in [0.717, 1.165) is 11.3 Å². The summed E-state index contributed by atoms with van der Waals surface area (Å²) in [7, 11) is 1.61. The summed E-state index contributed by atoms with van der Waals surface area (Å²) in [6, 6.07) is 17.0. The molecule has 0 aliphatic heterocycles. The minimum absolute atomic E-state index is 0.0402. The van der Waals surface area contributed by atoms with E-state index < -0.39 is 0 Å². The van der Waals surface area contributed by atoms with Crippen molar-refractivity contribution in [2.75, 3.05) is 7.11 Å². The van der Waals surface area contributed by atoms with Gasteiger partial charge in [-0.25, -0.2) is 0 Å². The number of Topliss-reactive ketones (excluding diaryl/α,β-unsaturated/α-hetero) is 1. The Morgan fingerprint density at radius 2 is 1.60 bits per heavy atom. The maximum Gasteiger partial charge on any atom is 0.177 e. The van der Waals surface area contributed by atoms with Crippen LogP contribution < -0.4 is 4.74 Å². The van der Waals surface area contributed by atoms with Gasteiger partial charge in [-0.3, -0.25) is 4.79 Å². The van der Waals surface area contributed by atoms with Gasteiger partial charge in [-0.05, 0) is 29.8 Å². The average molecular weight is 398 g/mol. The van der Waals surface area contributed by atoms with Gasteiger partial charge in [0.25, 0.3) is 0 Å². The van der Waals surface area contributed by atoms with Crippen LogP contribution in [0.2, 0.25) is 0 Å². The first kappa shape index (κ1) is 15.3. The number of carbonyl (C=O) groups is 1. The van der Waals surface area contributed by atoms with E-state index in [1.165, 1.54) is 0 Å². The number of methoxy groups -OCH3 is 1. The molecule has 0 saturated carbocycles. The van der Waals surface area contributed by atoms with Crippen LogP contribution in [-0.4, -0.2) is 17.7 Å². The molecule has 20 heavy (non-hydrogen) atoms. The molecule has 2 aromatic rings. The zero-order chi connectivity index (χ0) is 14.5. The highest BCUT2D eigenvalue weighted by atomic mass is 79.9. The first-order valence-electron chi connectivity index (χ1n) is 6.15. The minimum Gasteiger partial charge on any atom is -0.497 e. The standard InChI is InChI=1S/C16H14Br2O2/c1-20-13-9-7-12(8-10-13)16(19)15(18)14(17)11-5-3-2-4-6-11/h2-10,14-15H,1H3/t14-,15-/m0/s1. The van der Waals surface area contributed by atoms with Crippen molar-refractivity contribution in [2.45, 2.75) is 9.65 Å². The lowest BCUT2D eigenvalue weighted by atomic mass is 10.0. The molecule has 0 aliphatic carbocycles. The number of benzene rings is 2. The molecule has 0 unspecified atom stereocenters. The SMILES string of the molecule is COc1ccc(C(=O)[C@@H](Br)[C@@H](Br)c2ccccc2)cc1. The van der Waals surface area contributed by atoms with Crippen LogP contribution in [0.15, 0.2) is 54.6 Å². The van der Waals surface area contributed by atoms with Crippen LogP contribution in [0.3, 0.4) is 0 Å². The van der Waals surface area contributed by atoms with E-state index in [1.807, 2.05) is 30.3 Å². The molecule has 2 rings (SSSR count). The van der Waals surface area contributed by atoms with Crippen molar-refractivity contribution in [2.24, 2.45) is 0 Å². The third-order valence-electron chi connectivity index (χ3n) is 3.00. The van der Waals surface area contributed by atoms with Crippen molar-refractivity contribution < 1.29 is 9.53 Å². The van der Waals surface area contributed by atoms with Crippen molar-refractivity contribution in [1.29, 1.82) is 0 Å². The van der Waals surface area contributed by atoms with Crippen LogP contribution in [-0.2, 0) is 0 Å². The lowest BCUT2D eigenvalue weighted by molar-refractivity contribution is 0.0991. The van der Waals surface area contributed by atoms with Gasteiger partial charge >= 0.3 is 0 Å². The monoisotopic (exact) mass is 396 g/mol. The fourth-order valence-electron chi connectivity index (χ4n) is 1.85. The Labute approximate surface area is 135 Å². The Morgan fingerprint density at radius 1 is 1.00 bits per heavy atom. The number of ketones is 1. The summed E-state index contributed by atoms with van der Waals surface area (Å²) < 4.78 is 5.09. The summed E-state index contributed by atoms with van der Waals surface area (Å²) in [4.78, 5) is 12.0. The van der Waals surface area contributed by atoms with Crippen LogP contribution in [0.25, 0.3) is 0 Å². The summed E-state index contributed by atoms with van der Waals surface area (Å²) in [5.41, 5.74) is 1.73. The van der Waals surface area contributed by atoms with Crippen LogP contribution >= 0.6 is 31.9 Å². The molecule has 4 heteroatoms. The molecule has 104 valence electrons. The van der Waals surface area contributed by atoms with Gasteiger partial charge in [0, 0.05) is 5.56 Å². The van der Waals surface area contributed by atoms with E-state index in [-0.39, 0.29) is 15.4 Å². The fraction of sp³-hybridized carbons (Fsp3) is 0.188. The number of hydrogen-bond donors (Lipinski definition) is 0. The second-order valence-corrected chi connectivity index (χ2v) is 6.28. The summed E-state index contributed by atoms with van der Waals surface area (Å²) in [5, 5.41) is 0. The quantitative estimate of drug-likeness (QED) is 0.536. The molecule has 0 amide bonds. The second kappa shape index (κ2) is 7.04. The van der Waals surface area contributed by atoms with E-state index in [4.69, 9.17) is 4.74 Å². The maximum absolute atomic E-state index is 12.4. The number of halogens is 2. The highest BCUT2D eigenvalue weighted by molar-refractivity contribution is 9.12. The van der Waals surface area contributed by atoms with Crippen LogP contribution in [0.4, 0.5) is 0 Å². The van der Waals surface area contributed by atoms with Crippen molar-refractivity contribution in [3.63, 3.8) is 0 Å². The summed E-state index contributed by atoms with van der Waals surface area (Å²) in [6.07, 6.45) is 0. The number of alkyl halides is 2. The third-order valence-corrected chi connectivity index (χ3v) is 5.71. The molecule has 0 radical (unpaired) electrons. The molecule has 0 spiro atoms. The Morgan fingerprint density at radius 3 is 2.15 bits per heavy atom. The molecule has 2 atom stereocenters. The molecule has 0 saturated heterocycles. The minimum atomic E-state index is -0.321. The Kier molecular flexibility index (Phi) is 5.38. The molecule has 0 aromatic heterocycles. The topological polar surface area (TPSA) is 26.3 Å². The van der Waals surface area contributed by atoms with Gasteiger partial charge in [0.15, 0.2) is 5.78 Å². The predicted octanol–water partition coefficient (Wildman–Crippen LogP) is 4.78. The molecule has 0 heterocycles. The lowest BCUT2D eigenvalue weighted by Gasteiger charge is -2.16. The van der Waals surface area contributed by atoms with Crippen molar-refractivity contribution in [1.82, 2.24) is 0 Å². The van der Waals surface area contributed by atoms with Gasteiger partial charge in [-0.15, -0.1) is 0 Å². The molecular weight excluding hydrogens is 384 g/mol. The van der Waals surface area contributed by atoms with Crippen molar-refractivity contribution >= 4 is 37.6 Å². The zero-order valence-corrected chi connectivity index (χ0v) is 14.1. The first-order valence-corrected chi connectivity index (χ1v) is 7.98. The highest BCUT2D eigenvalue weighted by Crippen LogP contribution is 2.33. The first-order chi connectivity index (χ1) is 9.63.